The molecule has 0 amide bonds. The number of hydrogen-bond donors (Lipinski definition) is 2. The Kier molecular flexibility index (Phi) is 19.3. The van der Waals surface area contributed by atoms with Crippen molar-refractivity contribution in [1.29, 1.82) is 0 Å². The van der Waals surface area contributed by atoms with Gasteiger partial charge < -0.3 is 16.4 Å². The molecule has 7 nitrogen and oxygen atoms in total. The molecular weight excluding hydrogens is 306 g/mol. The fourth-order valence-corrected chi connectivity index (χ4v) is 0.534. The van der Waals surface area contributed by atoms with E-state index in [1.807, 2.05) is 18.2 Å². The molecule has 0 fully saturated rings. The van der Waals surface area contributed by atoms with Crippen LogP contribution in [-0.4, -0.2) is 29.4 Å². The van der Waals surface area contributed by atoms with Gasteiger partial charge in [-0.05, 0) is 6.92 Å². The zero-order chi connectivity index (χ0) is 10.3. The van der Waals surface area contributed by atoms with Gasteiger partial charge in [0.25, 0.3) is 0 Å². The Hall–Kier alpha value is -0.550. The second-order valence-electron chi connectivity index (χ2n) is 2.21. The minimum Gasteiger partial charge on any atom is -0.412 e. The summed E-state index contributed by atoms with van der Waals surface area (Å²) in [5, 5.41) is 0. The average Bonchev–Trinajstić information content (AvgIpc) is 2.06. The maximum atomic E-state index is 9.40. The highest BCUT2D eigenvalue weighted by molar-refractivity contribution is 9.09. The van der Waals surface area contributed by atoms with Gasteiger partial charge in [-0.3, -0.25) is 4.55 Å². The molecule has 0 unspecified atom stereocenters. The van der Waals surface area contributed by atoms with Crippen LogP contribution in [0.4, 0.5) is 0 Å². The van der Waals surface area contributed by atoms with Crippen LogP contribution in [0.15, 0.2) is 30.3 Å². The number of nitrogens with one attached hydrogen (secondary N) is 1. The van der Waals surface area contributed by atoms with Gasteiger partial charge in [-0.1, -0.05) is 35.9 Å². The molecular formula is C7H16BrNO6S. The molecule has 0 saturated carbocycles. The highest BCUT2D eigenvalue weighted by Crippen LogP contribution is 1.92. The van der Waals surface area contributed by atoms with Gasteiger partial charge in [0.05, 0.1) is 0 Å². The molecule has 16 heavy (non-hydrogen) atoms. The van der Waals surface area contributed by atoms with Crippen LogP contribution in [0.2, 0.25) is 0 Å². The lowest BCUT2D eigenvalue weighted by Gasteiger charge is -1.82. The predicted octanol–water partition coefficient (Wildman–Crippen LogP) is -0.790. The van der Waals surface area contributed by atoms with Crippen molar-refractivity contribution < 1.29 is 29.4 Å². The van der Waals surface area contributed by atoms with Crippen LogP contribution in [0.5, 0.6) is 0 Å². The van der Waals surface area contributed by atoms with Crippen LogP contribution in [0, 0.1) is 6.92 Å². The van der Waals surface area contributed by atoms with Crippen molar-refractivity contribution in [1.82, 2.24) is 3.75 Å². The number of rotatable bonds is 1. The summed E-state index contributed by atoms with van der Waals surface area (Å²) < 4.78 is 27.9. The van der Waals surface area contributed by atoms with E-state index in [4.69, 9.17) is 4.55 Å². The first kappa shape index (κ1) is 24.6. The van der Waals surface area contributed by atoms with Crippen molar-refractivity contribution >= 4 is 26.5 Å². The Balaban J connectivity index is -0.0000000767. The Bertz CT molecular complexity index is 330. The summed E-state index contributed by atoms with van der Waals surface area (Å²) in [6.07, 6.45) is 0. The summed E-state index contributed by atoms with van der Waals surface area (Å²) in [5.74, 6) is 0. The number of hydrogen-bond acceptors (Lipinski definition) is 2. The fourth-order valence-electron chi connectivity index (χ4n) is 0.534. The van der Waals surface area contributed by atoms with E-state index in [1.165, 1.54) is 9.31 Å². The largest absolute Gasteiger partial charge is 0.412 e. The molecule has 0 aliphatic carbocycles. The number of aryl methyl sites for hydroxylation is 1. The fraction of sp³-hybridized carbons (Fsp3) is 0.143. The van der Waals surface area contributed by atoms with Crippen LogP contribution >= 0.6 is 16.1 Å². The summed E-state index contributed by atoms with van der Waals surface area (Å²) in [6.45, 7) is 2.08. The minimum absolute atomic E-state index is 0. The molecule has 98 valence electrons. The lowest BCUT2D eigenvalue weighted by molar-refractivity contribution is 0.481. The first-order chi connectivity index (χ1) is 5.95. The van der Waals surface area contributed by atoms with Crippen LogP contribution in [0.25, 0.3) is 0 Å². The summed E-state index contributed by atoms with van der Waals surface area (Å²) >= 11 is 2.28. The molecule has 8 N–H and O–H groups in total. The van der Waals surface area contributed by atoms with Gasteiger partial charge in [0.2, 0.25) is 0 Å². The van der Waals surface area contributed by atoms with Crippen LogP contribution in [0.3, 0.4) is 0 Å². The molecule has 0 atom stereocenters. The first-order valence-corrected chi connectivity index (χ1v) is 5.55. The predicted molar refractivity (Wildman–Crippen MR) is 65.6 cm³/mol. The third kappa shape index (κ3) is 19.1. The maximum Gasteiger partial charge on any atom is 0.343 e. The molecule has 0 aliphatic heterocycles. The average molecular weight is 322 g/mol. The number of halogens is 1. The van der Waals surface area contributed by atoms with E-state index in [1.54, 1.807) is 0 Å². The number of benzene rings is 1. The molecule has 9 heteroatoms. The molecule has 1 aromatic carbocycles. The van der Waals surface area contributed by atoms with Gasteiger partial charge in [-0.25, -0.2) is 0 Å². The van der Waals surface area contributed by atoms with Gasteiger partial charge >= 0.3 is 10.3 Å². The zero-order valence-corrected chi connectivity index (χ0v) is 10.8. The molecule has 1 rings (SSSR count). The van der Waals surface area contributed by atoms with Crippen molar-refractivity contribution in [3.05, 3.63) is 35.9 Å². The molecule has 0 radical (unpaired) electrons. The van der Waals surface area contributed by atoms with E-state index in [9.17, 15) is 8.42 Å². The van der Waals surface area contributed by atoms with E-state index in [-0.39, 0.29) is 16.4 Å². The molecule has 0 aliphatic rings. The van der Waals surface area contributed by atoms with Gasteiger partial charge in [-0.15, -0.1) is 3.75 Å². The molecule has 0 aromatic heterocycles. The Morgan fingerprint density at radius 1 is 1.12 bits per heavy atom. The monoisotopic (exact) mass is 321 g/mol. The Labute approximate surface area is 103 Å². The zero-order valence-electron chi connectivity index (χ0n) is 8.44. The Morgan fingerprint density at radius 3 is 1.56 bits per heavy atom. The SMILES string of the molecule is Cc1ccccc1.O.O.O.O=S(=O)(O)NBr. The summed E-state index contributed by atoms with van der Waals surface area (Å²) in [7, 11) is -4.00. The van der Waals surface area contributed by atoms with Gasteiger partial charge in [0.15, 0.2) is 0 Å². The topological polar surface area (TPSA) is 161 Å². The quantitative estimate of drug-likeness (QED) is 0.512. The minimum atomic E-state index is -4.00. The van der Waals surface area contributed by atoms with Gasteiger partial charge in [-0.2, -0.15) is 8.42 Å². The second-order valence-corrected chi connectivity index (χ2v) is 4.28. The summed E-state index contributed by atoms with van der Waals surface area (Å²) in [6, 6.07) is 10.3. The van der Waals surface area contributed by atoms with Crippen molar-refractivity contribution in [2.75, 3.05) is 0 Å². The van der Waals surface area contributed by atoms with Crippen LogP contribution < -0.4 is 3.75 Å². The van der Waals surface area contributed by atoms with Crippen molar-refractivity contribution in [3.63, 3.8) is 0 Å². The van der Waals surface area contributed by atoms with Crippen LogP contribution in [0.1, 0.15) is 5.56 Å². The van der Waals surface area contributed by atoms with Crippen LogP contribution in [-0.2, 0) is 10.3 Å². The molecule has 1 aromatic rings. The summed E-state index contributed by atoms with van der Waals surface area (Å²) in [5.41, 5.74) is 1.32. The molecule has 0 spiro atoms. The van der Waals surface area contributed by atoms with E-state index >= 15 is 0 Å². The maximum absolute atomic E-state index is 9.40. The summed E-state index contributed by atoms with van der Waals surface area (Å²) in [4.78, 5) is 0. The van der Waals surface area contributed by atoms with E-state index in [0.717, 1.165) is 0 Å². The van der Waals surface area contributed by atoms with Crippen molar-refractivity contribution in [2.45, 2.75) is 6.92 Å². The third-order valence-corrected chi connectivity index (χ3v) is 2.46. The first-order valence-electron chi connectivity index (χ1n) is 3.32. The third-order valence-electron chi connectivity index (χ3n) is 1.04. The molecule has 0 saturated heterocycles. The normalized spacial score (nSPS) is 8.19. The van der Waals surface area contributed by atoms with Gasteiger partial charge in [0, 0.05) is 16.1 Å². The second kappa shape index (κ2) is 12.5. The molecule has 0 heterocycles. The standard InChI is InChI=1S/C7H8.BrH2NO3S.3H2O/c1-7-5-3-2-4-6-7;1-2-6(3,4)5;;;/h2-6H,1H3;2H,(H,3,4,5);3*1H2. The van der Waals surface area contributed by atoms with Crippen molar-refractivity contribution in [3.8, 4) is 0 Å². The highest BCUT2D eigenvalue weighted by atomic mass is 79.9. The smallest absolute Gasteiger partial charge is 0.343 e. The van der Waals surface area contributed by atoms with Gasteiger partial charge in [0.1, 0.15) is 0 Å². The highest BCUT2D eigenvalue weighted by Gasteiger charge is 1.93. The van der Waals surface area contributed by atoms with E-state index in [2.05, 4.69) is 35.2 Å². The van der Waals surface area contributed by atoms with E-state index < -0.39 is 10.3 Å². The van der Waals surface area contributed by atoms with Crippen molar-refractivity contribution in [2.24, 2.45) is 0 Å². The Morgan fingerprint density at radius 2 is 1.44 bits per heavy atom. The van der Waals surface area contributed by atoms with E-state index in [0.29, 0.717) is 0 Å². The lowest BCUT2D eigenvalue weighted by Crippen LogP contribution is -2.09. The molecule has 0 bridgehead atoms. The lowest BCUT2D eigenvalue weighted by atomic mass is 10.2.